The molecule has 2 heterocycles. The lowest BCUT2D eigenvalue weighted by atomic mass is 9.96. The number of fused-ring (bicyclic) bond motifs is 2. The summed E-state index contributed by atoms with van der Waals surface area (Å²) in [4.78, 5) is 13.4. The molecule has 0 saturated carbocycles. The third-order valence-electron chi connectivity index (χ3n) is 4.46. The van der Waals surface area contributed by atoms with Gasteiger partial charge in [-0.1, -0.05) is 19.1 Å². The maximum Gasteiger partial charge on any atom is 0.315 e. The monoisotopic (exact) mass is 320 g/mol. The number of rotatable bonds is 5. The molecule has 0 aliphatic carbocycles. The zero-order chi connectivity index (χ0) is 15.5. The van der Waals surface area contributed by atoms with E-state index in [0.29, 0.717) is 6.10 Å². The molecule has 22 heavy (non-hydrogen) atoms. The SMILES string of the molecule is CCSc1ccc([C@H](C)NC(=O)N[C@@H]2C[C@H]3CC[C@H]2O3)cc1. The van der Waals surface area contributed by atoms with Gasteiger partial charge in [0.2, 0.25) is 0 Å². The van der Waals surface area contributed by atoms with Crippen molar-refractivity contribution < 1.29 is 9.53 Å². The van der Waals surface area contributed by atoms with E-state index in [9.17, 15) is 4.79 Å². The number of amides is 2. The van der Waals surface area contributed by atoms with Gasteiger partial charge < -0.3 is 15.4 Å². The molecular formula is C17H24N2O2S. The number of hydrogen-bond acceptors (Lipinski definition) is 3. The number of benzene rings is 1. The van der Waals surface area contributed by atoms with E-state index in [1.807, 2.05) is 18.7 Å². The Bertz CT molecular complexity index is 520. The van der Waals surface area contributed by atoms with Crippen LogP contribution < -0.4 is 10.6 Å². The largest absolute Gasteiger partial charge is 0.373 e. The summed E-state index contributed by atoms with van der Waals surface area (Å²) in [5.74, 6) is 1.07. The van der Waals surface area contributed by atoms with Gasteiger partial charge in [-0.15, -0.1) is 11.8 Å². The minimum atomic E-state index is -0.0966. The average molecular weight is 320 g/mol. The Balaban J connectivity index is 1.50. The molecule has 2 aliphatic rings. The van der Waals surface area contributed by atoms with Crippen molar-refractivity contribution in [2.45, 2.75) is 62.3 Å². The molecule has 3 rings (SSSR count). The molecule has 120 valence electrons. The molecule has 0 radical (unpaired) electrons. The predicted octanol–water partition coefficient (Wildman–Crippen LogP) is 3.48. The first-order valence-corrected chi connectivity index (χ1v) is 9.09. The second-order valence-electron chi connectivity index (χ2n) is 6.06. The van der Waals surface area contributed by atoms with E-state index in [-0.39, 0.29) is 24.2 Å². The van der Waals surface area contributed by atoms with E-state index in [1.54, 1.807) is 0 Å². The van der Waals surface area contributed by atoms with Crippen molar-refractivity contribution in [2.24, 2.45) is 0 Å². The Morgan fingerprint density at radius 1 is 1.36 bits per heavy atom. The minimum absolute atomic E-state index is 0.000172. The predicted molar refractivity (Wildman–Crippen MR) is 89.2 cm³/mol. The average Bonchev–Trinajstić information content (AvgIpc) is 3.10. The number of thioether (sulfide) groups is 1. The van der Waals surface area contributed by atoms with Crippen molar-refractivity contribution >= 4 is 17.8 Å². The molecule has 1 aromatic rings. The first-order valence-electron chi connectivity index (χ1n) is 8.11. The van der Waals surface area contributed by atoms with Gasteiger partial charge in [-0.2, -0.15) is 0 Å². The van der Waals surface area contributed by atoms with Gasteiger partial charge in [0.15, 0.2) is 0 Å². The van der Waals surface area contributed by atoms with Crippen LogP contribution in [-0.4, -0.2) is 30.0 Å². The first-order chi connectivity index (χ1) is 10.7. The number of nitrogens with one attached hydrogen (secondary N) is 2. The van der Waals surface area contributed by atoms with E-state index in [2.05, 4.69) is 41.8 Å². The van der Waals surface area contributed by atoms with Crippen LogP contribution in [0.2, 0.25) is 0 Å². The van der Waals surface area contributed by atoms with Crippen molar-refractivity contribution in [3.8, 4) is 0 Å². The first kappa shape index (κ1) is 15.7. The van der Waals surface area contributed by atoms with Crippen LogP contribution in [0.3, 0.4) is 0 Å². The summed E-state index contributed by atoms with van der Waals surface area (Å²) in [6.45, 7) is 4.16. The van der Waals surface area contributed by atoms with Gasteiger partial charge in [0.05, 0.1) is 24.3 Å². The number of ether oxygens (including phenoxy) is 1. The van der Waals surface area contributed by atoms with Crippen LogP contribution in [0.25, 0.3) is 0 Å². The van der Waals surface area contributed by atoms with Crippen LogP contribution in [0, 0.1) is 0 Å². The highest BCUT2D eigenvalue weighted by Gasteiger charge is 2.41. The summed E-state index contributed by atoms with van der Waals surface area (Å²) in [6, 6.07) is 8.48. The molecule has 2 saturated heterocycles. The lowest BCUT2D eigenvalue weighted by Gasteiger charge is -2.22. The molecule has 2 bridgehead atoms. The van der Waals surface area contributed by atoms with E-state index < -0.39 is 0 Å². The second-order valence-corrected chi connectivity index (χ2v) is 7.40. The number of urea groups is 1. The zero-order valence-electron chi connectivity index (χ0n) is 13.2. The molecule has 5 heteroatoms. The Labute approximate surface area is 136 Å². The fourth-order valence-corrected chi connectivity index (χ4v) is 3.96. The summed E-state index contributed by atoms with van der Waals surface area (Å²) in [7, 11) is 0. The van der Waals surface area contributed by atoms with Crippen LogP contribution in [0.1, 0.15) is 44.7 Å². The normalized spacial score (nSPS) is 27.6. The van der Waals surface area contributed by atoms with Gasteiger partial charge >= 0.3 is 6.03 Å². The molecular weight excluding hydrogens is 296 g/mol. The van der Waals surface area contributed by atoms with Crippen molar-refractivity contribution in [2.75, 3.05) is 5.75 Å². The molecule has 0 aromatic heterocycles. The molecule has 0 spiro atoms. The van der Waals surface area contributed by atoms with Crippen molar-refractivity contribution in [3.05, 3.63) is 29.8 Å². The highest BCUT2D eigenvalue weighted by molar-refractivity contribution is 7.99. The van der Waals surface area contributed by atoms with Crippen molar-refractivity contribution in [1.82, 2.24) is 10.6 Å². The molecule has 4 nitrogen and oxygen atoms in total. The lowest BCUT2D eigenvalue weighted by Crippen LogP contribution is -2.46. The van der Waals surface area contributed by atoms with Crippen molar-refractivity contribution in [3.63, 3.8) is 0 Å². The van der Waals surface area contributed by atoms with E-state index >= 15 is 0 Å². The van der Waals surface area contributed by atoms with E-state index in [0.717, 1.165) is 30.6 Å². The maximum atomic E-state index is 12.1. The molecule has 2 N–H and O–H groups in total. The second kappa shape index (κ2) is 6.92. The van der Waals surface area contributed by atoms with Crippen LogP contribution >= 0.6 is 11.8 Å². The maximum absolute atomic E-state index is 12.1. The lowest BCUT2D eigenvalue weighted by molar-refractivity contribution is 0.0980. The smallest absolute Gasteiger partial charge is 0.315 e. The fourth-order valence-electron chi connectivity index (χ4n) is 3.30. The quantitative estimate of drug-likeness (QED) is 0.817. The molecule has 0 unspecified atom stereocenters. The Morgan fingerprint density at radius 2 is 2.14 bits per heavy atom. The molecule has 2 aliphatic heterocycles. The Hall–Kier alpha value is -1.20. The molecule has 4 atom stereocenters. The molecule has 1 aromatic carbocycles. The van der Waals surface area contributed by atoms with Gasteiger partial charge in [0.25, 0.3) is 0 Å². The third-order valence-corrected chi connectivity index (χ3v) is 5.36. The van der Waals surface area contributed by atoms with E-state index in [4.69, 9.17) is 4.74 Å². The number of hydrogen-bond donors (Lipinski definition) is 2. The van der Waals surface area contributed by atoms with Gasteiger partial charge in [0, 0.05) is 4.90 Å². The molecule has 2 fully saturated rings. The highest BCUT2D eigenvalue weighted by atomic mass is 32.2. The van der Waals surface area contributed by atoms with Gasteiger partial charge in [-0.25, -0.2) is 4.79 Å². The highest BCUT2D eigenvalue weighted by Crippen LogP contribution is 2.34. The molecule has 2 amide bonds. The summed E-state index contributed by atoms with van der Waals surface area (Å²) in [5.41, 5.74) is 1.12. The van der Waals surface area contributed by atoms with Crippen LogP contribution in [0.5, 0.6) is 0 Å². The topological polar surface area (TPSA) is 50.4 Å². The number of carbonyl (C=O) groups is 1. The summed E-state index contributed by atoms with van der Waals surface area (Å²) in [5, 5.41) is 6.09. The Morgan fingerprint density at radius 3 is 2.73 bits per heavy atom. The number of carbonyl (C=O) groups excluding carboxylic acids is 1. The van der Waals surface area contributed by atoms with Crippen LogP contribution in [0.4, 0.5) is 4.79 Å². The summed E-state index contributed by atoms with van der Waals surface area (Å²) in [6.07, 6.45) is 3.74. The van der Waals surface area contributed by atoms with Gasteiger partial charge in [-0.05, 0) is 49.6 Å². The van der Waals surface area contributed by atoms with Crippen LogP contribution in [-0.2, 0) is 4.74 Å². The summed E-state index contributed by atoms with van der Waals surface area (Å²) < 4.78 is 5.77. The van der Waals surface area contributed by atoms with Gasteiger partial charge in [-0.3, -0.25) is 0 Å². The summed E-state index contributed by atoms with van der Waals surface area (Å²) >= 11 is 1.82. The Kier molecular flexibility index (Phi) is 4.93. The third kappa shape index (κ3) is 3.58. The van der Waals surface area contributed by atoms with Crippen molar-refractivity contribution in [1.29, 1.82) is 0 Å². The standard InChI is InChI=1S/C17H24N2O2S/c1-3-22-14-7-4-12(5-8-14)11(2)18-17(20)19-15-10-13-6-9-16(15)21-13/h4-5,7-8,11,13,15-16H,3,6,9-10H2,1-2H3,(H2,18,19,20)/t11-,13+,15+,16+/m0/s1. The van der Waals surface area contributed by atoms with Gasteiger partial charge in [0.1, 0.15) is 0 Å². The minimum Gasteiger partial charge on any atom is -0.373 e. The van der Waals surface area contributed by atoms with E-state index in [1.165, 1.54) is 4.90 Å². The zero-order valence-corrected chi connectivity index (χ0v) is 14.0. The fraction of sp³-hybridized carbons (Fsp3) is 0.588. The van der Waals surface area contributed by atoms with Crippen LogP contribution in [0.15, 0.2) is 29.2 Å².